The van der Waals surface area contributed by atoms with Crippen LogP contribution in [0.2, 0.25) is 0 Å². The first-order valence-electron chi connectivity index (χ1n) is 9.61. The number of hydrogen-bond donors (Lipinski definition) is 2. The largest absolute Gasteiger partial charge is 0.429 e. The predicted octanol–water partition coefficient (Wildman–Crippen LogP) is 2.55. The Bertz CT molecular complexity index is 611. The number of fused-ring (bicyclic) bond motifs is 3. The van der Waals surface area contributed by atoms with E-state index in [1.54, 1.807) is 0 Å². The van der Waals surface area contributed by atoms with Crippen LogP contribution in [0.25, 0.3) is 0 Å². The summed E-state index contributed by atoms with van der Waals surface area (Å²) >= 11 is 0. The fourth-order valence-corrected chi connectivity index (χ4v) is 6.74. The van der Waals surface area contributed by atoms with Crippen LogP contribution in [-0.4, -0.2) is 40.8 Å². The van der Waals surface area contributed by atoms with Gasteiger partial charge in [0, 0.05) is 11.6 Å². The highest BCUT2D eigenvalue weighted by molar-refractivity contribution is 5.85. The zero-order valence-corrected chi connectivity index (χ0v) is 15.5. The predicted molar refractivity (Wildman–Crippen MR) is 91.4 cm³/mol. The number of esters is 1. The van der Waals surface area contributed by atoms with Crippen molar-refractivity contribution in [1.29, 1.82) is 0 Å². The molecular formula is C20H30O5. The van der Waals surface area contributed by atoms with Crippen molar-refractivity contribution in [3.8, 4) is 0 Å². The lowest BCUT2D eigenvalue weighted by Gasteiger charge is -2.60. The second-order valence-corrected chi connectivity index (χ2v) is 9.49. The van der Waals surface area contributed by atoms with Crippen LogP contribution in [0.4, 0.5) is 0 Å². The summed E-state index contributed by atoms with van der Waals surface area (Å²) in [5.74, 6) is 0.333. The highest BCUT2D eigenvalue weighted by atomic mass is 16.6. The number of ether oxygens (including phenoxy) is 2. The van der Waals surface area contributed by atoms with Crippen LogP contribution >= 0.6 is 0 Å². The second-order valence-electron chi connectivity index (χ2n) is 9.49. The molecule has 2 heterocycles. The van der Waals surface area contributed by atoms with Gasteiger partial charge >= 0.3 is 5.97 Å². The molecule has 2 saturated carbocycles. The molecule has 0 radical (unpaired) electrons. The molecule has 0 bridgehead atoms. The lowest BCUT2D eigenvalue weighted by atomic mass is 9.45. The van der Waals surface area contributed by atoms with Crippen LogP contribution in [-0.2, 0) is 14.3 Å². The molecule has 0 amide bonds. The van der Waals surface area contributed by atoms with Gasteiger partial charge in [0.25, 0.3) is 0 Å². The summed E-state index contributed by atoms with van der Waals surface area (Å²) in [6.07, 6.45) is 6.06. The molecular weight excluding hydrogens is 320 g/mol. The molecule has 4 aliphatic rings. The first-order chi connectivity index (χ1) is 11.7. The summed E-state index contributed by atoms with van der Waals surface area (Å²) in [7, 11) is 0. The second kappa shape index (κ2) is 5.54. The van der Waals surface area contributed by atoms with E-state index in [2.05, 4.69) is 20.8 Å². The van der Waals surface area contributed by atoms with Gasteiger partial charge in [0.05, 0.1) is 18.3 Å². The fourth-order valence-electron chi connectivity index (χ4n) is 6.74. The van der Waals surface area contributed by atoms with E-state index in [1.165, 1.54) is 18.9 Å². The minimum Gasteiger partial charge on any atom is -0.429 e. The van der Waals surface area contributed by atoms with E-state index in [0.717, 1.165) is 25.7 Å². The average molecular weight is 350 g/mol. The van der Waals surface area contributed by atoms with Gasteiger partial charge in [0.15, 0.2) is 0 Å². The van der Waals surface area contributed by atoms with E-state index in [0.29, 0.717) is 16.9 Å². The van der Waals surface area contributed by atoms with Crippen LogP contribution in [0.3, 0.4) is 0 Å². The highest BCUT2D eigenvalue weighted by Gasteiger charge is 2.64. The lowest BCUT2D eigenvalue weighted by Crippen LogP contribution is -2.58. The molecule has 2 aliphatic carbocycles. The van der Waals surface area contributed by atoms with Gasteiger partial charge in [-0.3, -0.25) is 0 Å². The van der Waals surface area contributed by atoms with Gasteiger partial charge in [0.1, 0.15) is 0 Å². The van der Waals surface area contributed by atoms with Crippen LogP contribution in [0.1, 0.15) is 59.3 Å². The van der Waals surface area contributed by atoms with E-state index >= 15 is 0 Å². The molecule has 5 nitrogen and oxygen atoms in total. The van der Waals surface area contributed by atoms with Gasteiger partial charge < -0.3 is 19.7 Å². The van der Waals surface area contributed by atoms with Crippen molar-refractivity contribution < 1.29 is 24.5 Å². The van der Waals surface area contributed by atoms with Gasteiger partial charge in [0.2, 0.25) is 6.29 Å². The Kier molecular flexibility index (Phi) is 3.88. The van der Waals surface area contributed by atoms with E-state index in [9.17, 15) is 15.0 Å². The number of rotatable bonds is 2. The van der Waals surface area contributed by atoms with E-state index in [1.807, 2.05) is 0 Å². The molecule has 2 aliphatic heterocycles. The Hall–Kier alpha value is -0.910. The summed E-state index contributed by atoms with van der Waals surface area (Å²) in [6, 6.07) is 0. The van der Waals surface area contributed by atoms with E-state index in [-0.39, 0.29) is 24.0 Å². The van der Waals surface area contributed by atoms with Crippen molar-refractivity contribution in [3.63, 3.8) is 0 Å². The number of carbonyl (C=O) groups excluding carboxylic acids is 1. The average Bonchev–Trinajstić information content (AvgIpc) is 3.07. The maximum Gasteiger partial charge on any atom is 0.333 e. The molecule has 4 rings (SSSR count). The molecule has 140 valence electrons. The monoisotopic (exact) mass is 350 g/mol. The first kappa shape index (κ1) is 17.5. The van der Waals surface area contributed by atoms with Crippen molar-refractivity contribution in [3.05, 3.63) is 11.6 Å². The molecule has 0 spiro atoms. The van der Waals surface area contributed by atoms with Crippen molar-refractivity contribution in [2.24, 2.45) is 22.7 Å². The lowest BCUT2D eigenvalue weighted by molar-refractivity contribution is -0.178. The highest BCUT2D eigenvalue weighted by Crippen LogP contribution is 2.66. The zero-order chi connectivity index (χ0) is 18.0. The van der Waals surface area contributed by atoms with E-state index in [4.69, 9.17) is 9.47 Å². The first-order valence-corrected chi connectivity index (χ1v) is 9.61. The Morgan fingerprint density at radius 3 is 2.60 bits per heavy atom. The van der Waals surface area contributed by atoms with Crippen LogP contribution in [0.5, 0.6) is 0 Å². The smallest absolute Gasteiger partial charge is 0.333 e. The van der Waals surface area contributed by atoms with Gasteiger partial charge in [-0.2, -0.15) is 0 Å². The van der Waals surface area contributed by atoms with Gasteiger partial charge in [-0.05, 0) is 54.8 Å². The van der Waals surface area contributed by atoms with E-state index < -0.39 is 17.9 Å². The molecule has 0 unspecified atom stereocenters. The number of hydrogen-bond acceptors (Lipinski definition) is 5. The Morgan fingerprint density at radius 2 is 1.96 bits per heavy atom. The number of aliphatic hydroxyl groups excluding tert-OH is 2. The molecule has 0 aromatic rings. The fraction of sp³-hybridized carbons (Fsp3) is 0.850. The van der Waals surface area contributed by atoms with Crippen molar-refractivity contribution >= 4 is 5.97 Å². The number of aliphatic hydroxyl groups is 2. The van der Waals surface area contributed by atoms with Crippen molar-refractivity contribution in [1.82, 2.24) is 0 Å². The van der Waals surface area contributed by atoms with Crippen LogP contribution in [0, 0.1) is 22.7 Å². The minimum atomic E-state index is -1.21. The minimum absolute atomic E-state index is 0.00488. The molecule has 3 fully saturated rings. The zero-order valence-electron chi connectivity index (χ0n) is 15.5. The van der Waals surface area contributed by atoms with Crippen LogP contribution in [0.15, 0.2) is 11.6 Å². The normalized spacial score (nSPS) is 48.5. The third-order valence-corrected chi connectivity index (χ3v) is 7.83. The summed E-state index contributed by atoms with van der Waals surface area (Å²) in [4.78, 5) is 11.5. The standard InChI is InChI=1S/C20H30O5/c1-18(2)6-4-7-19(3)14(18)5-8-20(11-21)15(19)10-13(25-20)12-9-16(22)24-17(12)23/h9,13-15,17,21,23H,4-8,10-11H2,1-3H3/t13-,14+,15+,17+,19-,20-/m0/s1. The summed E-state index contributed by atoms with van der Waals surface area (Å²) in [6.45, 7) is 7.13. The Balaban J connectivity index is 1.68. The topological polar surface area (TPSA) is 76.0 Å². The van der Waals surface area contributed by atoms with Crippen LogP contribution < -0.4 is 0 Å². The number of carbonyl (C=O) groups is 1. The molecule has 5 heteroatoms. The van der Waals surface area contributed by atoms with Crippen molar-refractivity contribution in [2.75, 3.05) is 6.61 Å². The number of cyclic esters (lactones) is 1. The quantitative estimate of drug-likeness (QED) is 0.749. The maximum atomic E-state index is 11.5. The Morgan fingerprint density at radius 1 is 1.20 bits per heavy atom. The summed E-state index contributed by atoms with van der Waals surface area (Å²) in [5, 5.41) is 20.3. The van der Waals surface area contributed by atoms with Gasteiger partial charge in [-0.1, -0.05) is 27.2 Å². The molecule has 0 aromatic carbocycles. The molecule has 25 heavy (non-hydrogen) atoms. The summed E-state index contributed by atoms with van der Waals surface area (Å²) < 4.78 is 11.2. The molecule has 0 aromatic heterocycles. The Labute approximate surface area is 149 Å². The SMILES string of the molecule is CC1(C)CCC[C@@]2(C)[C@@H]1CC[C@@]1(CO)O[C@H](C3=CC(=O)O[C@H]3O)C[C@@H]12. The third kappa shape index (κ3) is 2.42. The summed E-state index contributed by atoms with van der Waals surface area (Å²) in [5.41, 5.74) is 0.377. The molecule has 2 N–H and O–H groups in total. The van der Waals surface area contributed by atoms with Gasteiger partial charge in [-0.25, -0.2) is 4.79 Å². The maximum absolute atomic E-state index is 11.5. The van der Waals surface area contributed by atoms with Gasteiger partial charge in [-0.15, -0.1) is 0 Å². The third-order valence-electron chi connectivity index (χ3n) is 7.83. The molecule has 1 saturated heterocycles. The van der Waals surface area contributed by atoms with Crippen molar-refractivity contribution in [2.45, 2.75) is 77.3 Å². The molecule has 6 atom stereocenters.